The van der Waals surface area contributed by atoms with E-state index >= 15 is 0 Å². The molecule has 0 aliphatic carbocycles. The largest absolute Gasteiger partial charge is 0.496 e. The first kappa shape index (κ1) is 16.5. The monoisotopic (exact) mass is 329 g/mol. The second kappa shape index (κ2) is 7.01. The van der Waals surface area contributed by atoms with Gasteiger partial charge < -0.3 is 24.3 Å². The molecule has 0 amide bonds. The van der Waals surface area contributed by atoms with Gasteiger partial charge >= 0.3 is 0 Å². The zero-order valence-electron chi connectivity index (χ0n) is 14.5. The molecular weight excluding hydrogens is 306 g/mol. The molecule has 0 saturated carbocycles. The van der Waals surface area contributed by atoms with Gasteiger partial charge in [-0.1, -0.05) is 17.7 Å². The van der Waals surface area contributed by atoms with Crippen LogP contribution in [0.5, 0.6) is 23.0 Å². The van der Waals surface area contributed by atoms with E-state index in [1.165, 1.54) is 5.56 Å². The molecule has 1 aliphatic heterocycles. The van der Waals surface area contributed by atoms with E-state index in [1.807, 2.05) is 18.2 Å². The summed E-state index contributed by atoms with van der Waals surface area (Å²) >= 11 is 0. The van der Waals surface area contributed by atoms with E-state index in [9.17, 15) is 0 Å². The Kier molecular flexibility index (Phi) is 4.81. The van der Waals surface area contributed by atoms with E-state index in [1.54, 1.807) is 14.2 Å². The minimum atomic E-state index is 0.149. The van der Waals surface area contributed by atoms with Crippen LogP contribution in [0.25, 0.3) is 0 Å². The lowest BCUT2D eigenvalue weighted by Crippen LogP contribution is -2.19. The molecular formula is C19H23NO4. The first-order chi connectivity index (χ1) is 11.6. The molecule has 128 valence electrons. The number of fused-ring (bicyclic) bond motifs is 1. The molecule has 5 nitrogen and oxygen atoms in total. The van der Waals surface area contributed by atoms with Crippen LogP contribution < -0.4 is 24.3 Å². The number of benzene rings is 2. The lowest BCUT2D eigenvalue weighted by molar-refractivity contribution is 0.171. The standard InChI is InChI=1S/C19H23NO4/c1-12-5-6-16(21-3)15(7-12)13(2)20-10-14-8-17(22-4)19-18(9-14)23-11-24-19/h5-9,13,20H,10-11H2,1-4H3/t13-/m1/s1. The Morgan fingerprint density at radius 3 is 2.62 bits per heavy atom. The second-order valence-electron chi connectivity index (χ2n) is 5.88. The Morgan fingerprint density at radius 2 is 1.88 bits per heavy atom. The average molecular weight is 329 g/mol. The highest BCUT2D eigenvalue weighted by Gasteiger charge is 2.20. The molecule has 1 N–H and O–H groups in total. The fourth-order valence-corrected chi connectivity index (χ4v) is 2.86. The smallest absolute Gasteiger partial charge is 0.231 e. The first-order valence-corrected chi connectivity index (χ1v) is 7.96. The molecule has 0 aromatic heterocycles. The van der Waals surface area contributed by atoms with Gasteiger partial charge in [-0.05, 0) is 37.6 Å². The summed E-state index contributed by atoms with van der Waals surface area (Å²) in [6.07, 6.45) is 0. The molecule has 24 heavy (non-hydrogen) atoms. The average Bonchev–Trinajstić information content (AvgIpc) is 3.07. The fourth-order valence-electron chi connectivity index (χ4n) is 2.86. The summed E-state index contributed by atoms with van der Waals surface area (Å²) in [6, 6.07) is 10.3. The van der Waals surface area contributed by atoms with Crippen LogP contribution in [0.3, 0.4) is 0 Å². The van der Waals surface area contributed by atoms with Crippen molar-refractivity contribution in [3.63, 3.8) is 0 Å². The SMILES string of the molecule is COc1ccc(C)cc1[C@@H](C)NCc1cc(OC)c2c(c1)OCO2. The van der Waals surface area contributed by atoms with E-state index in [4.69, 9.17) is 18.9 Å². The number of methoxy groups -OCH3 is 2. The van der Waals surface area contributed by atoms with Gasteiger partial charge in [0.1, 0.15) is 5.75 Å². The highest BCUT2D eigenvalue weighted by molar-refractivity contribution is 5.55. The lowest BCUT2D eigenvalue weighted by Gasteiger charge is -2.18. The predicted molar refractivity (Wildman–Crippen MR) is 92.1 cm³/mol. The van der Waals surface area contributed by atoms with E-state index in [0.717, 1.165) is 22.6 Å². The Bertz CT molecular complexity index is 730. The van der Waals surface area contributed by atoms with Gasteiger partial charge in [0.05, 0.1) is 14.2 Å². The van der Waals surface area contributed by atoms with Crippen molar-refractivity contribution in [1.82, 2.24) is 5.32 Å². The minimum absolute atomic E-state index is 0.149. The summed E-state index contributed by atoms with van der Waals surface area (Å²) in [6.45, 7) is 5.13. The van der Waals surface area contributed by atoms with Crippen molar-refractivity contribution in [2.24, 2.45) is 0 Å². The number of nitrogens with one attached hydrogen (secondary N) is 1. The molecule has 2 aromatic carbocycles. The van der Waals surface area contributed by atoms with Crippen LogP contribution >= 0.6 is 0 Å². The van der Waals surface area contributed by atoms with E-state index in [2.05, 4.69) is 31.3 Å². The lowest BCUT2D eigenvalue weighted by atomic mass is 10.0. The Balaban J connectivity index is 1.75. The molecule has 0 saturated heterocycles. The highest BCUT2D eigenvalue weighted by atomic mass is 16.7. The van der Waals surface area contributed by atoms with Crippen LogP contribution in [0.4, 0.5) is 0 Å². The van der Waals surface area contributed by atoms with Gasteiger partial charge in [0.25, 0.3) is 0 Å². The van der Waals surface area contributed by atoms with Gasteiger partial charge in [-0.3, -0.25) is 0 Å². The number of rotatable bonds is 6. The van der Waals surface area contributed by atoms with Gasteiger partial charge in [0.15, 0.2) is 11.5 Å². The molecule has 0 unspecified atom stereocenters. The third kappa shape index (κ3) is 3.26. The molecule has 1 aliphatic rings. The first-order valence-electron chi connectivity index (χ1n) is 7.96. The zero-order valence-corrected chi connectivity index (χ0v) is 14.5. The van der Waals surface area contributed by atoms with Gasteiger partial charge in [-0.25, -0.2) is 0 Å². The maximum atomic E-state index is 5.48. The molecule has 2 aromatic rings. The summed E-state index contributed by atoms with van der Waals surface area (Å²) in [5, 5.41) is 3.53. The van der Waals surface area contributed by atoms with Crippen molar-refractivity contribution in [2.75, 3.05) is 21.0 Å². The van der Waals surface area contributed by atoms with Crippen molar-refractivity contribution >= 4 is 0 Å². The number of hydrogen-bond donors (Lipinski definition) is 1. The molecule has 1 atom stereocenters. The van der Waals surface area contributed by atoms with Gasteiger partial charge in [0.2, 0.25) is 12.5 Å². The molecule has 3 rings (SSSR count). The van der Waals surface area contributed by atoms with Crippen molar-refractivity contribution in [3.8, 4) is 23.0 Å². The number of ether oxygens (including phenoxy) is 4. The Morgan fingerprint density at radius 1 is 1.08 bits per heavy atom. The van der Waals surface area contributed by atoms with Crippen molar-refractivity contribution in [3.05, 3.63) is 47.0 Å². The zero-order chi connectivity index (χ0) is 17.1. The van der Waals surface area contributed by atoms with Crippen molar-refractivity contribution < 1.29 is 18.9 Å². The van der Waals surface area contributed by atoms with Gasteiger partial charge in [-0.15, -0.1) is 0 Å². The van der Waals surface area contributed by atoms with Crippen LogP contribution in [0.1, 0.15) is 29.7 Å². The van der Waals surface area contributed by atoms with Crippen LogP contribution in [-0.4, -0.2) is 21.0 Å². The van der Waals surface area contributed by atoms with Crippen LogP contribution in [0.2, 0.25) is 0 Å². The molecule has 0 spiro atoms. The summed E-state index contributed by atoms with van der Waals surface area (Å²) in [5.74, 6) is 2.99. The Labute approximate surface area is 142 Å². The van der Waals surface area contributed by atoms with Crippen molar-refractivity contribution in [2.45, 2.75) is 26.4 Å². The van der Waals surface area contributed by atoms with Crippen LogP contribution in [0, 0.1) is 6.92 Å². The van der Waals surface area contributed by atoms with Crippen LogP contribution in [0.15, 0.2) is 30.3 Å². The summed E-state index contributed by atoms with van der Waals surface area (Å²) in [7, 11) is 3.33. The predicted octanol–water partition coefficient (Wildman–Crippen LogP) is 3.59. The van der Waals surface area contributed by atoms with E-state index in [0.29, 0.717) is 18.0 Å². The fraction of sp³-hybridized carbons (Fsp3) is 0.368. The molecule has 5 heteroatoms. The molecule has 0 bridgehead atoms. The van der Waals surface area contributed by atoms with Crippen molar-refractivity contribution in [1.29, 1.82) is 0 Å². The normalized spacial score (nSPS) is 13.7. The topological polar surface area (TPSA) is 49.0 Å². The van der Waals surface area contributed by atoms with Crippen LogP contribution in [-0.2, 0) is 6.54 Å². The quantitative estimate of drug-likeness (QED) is 0.877. The number of aryl methyl sites for hydroxylation is 1. The summed E-state index contributed by atoms with van der Waals surface area (Å²) < 4.78 is 21.8. The molecule has 0 radical (unpaired) electrons. The highest BCUT2D eigenvalue weighted by Crippen LogP contribution is 2.41. The molecule has 1 heterocycles. The van der Waals surface area contributed by atoms with Gasteiger partial charge in [-0.2, -0.15) is 0 Å². The number of hydrogen-bond acceptors (Lipinski definition) is 5. The third-order valence-electron chi connectivity index (χ3n) is 4.18. The van der Waals surface area contributed by atoms with E-state index in [-0.39, 0.29) is 12.8 Å². The second-order valence-corrected chi connectivity index (χ2v) is 5.88. The summed E-state index contributed by atoms with van der Waals surface area (Å²) in [5.41, 5.74) is 3.43. The van der Waals surface area contributed by atoms with E-state index < -0.39 is 0 Å². The van der Waals surface area contributed by atoms with Gasteiger partial charge in [0, 0.05) is 18.2 Å². The maximum Gasteiger partial charge on any atom is 0.231 e. The third-order valence-corrected chi connectivity index (χ3v) is 4.18. The Hall–Kier alpha value is -2.40. The maximum absolute atomic E-state index is 5.48. The minimum Gasteiger partial charge on any atom is -0.496 e. The molecule has 0 fully saturated rings. The summed E-state index contributed by atoms with van der Waals surface area (Å²) in [4.78, 5) is 0.